The van der Waals surface area contributed by atoms with Crippen LogP contribution in [0.5, 0.6) is 5.75 Å². The van der Waals surface area contributed by atoms with Crippen LogP contribution in [0.1, 0.15) is 24.0 Å². The molecule has 2 aromatic carbocycles. The Hall–Kier alpha value is -1.94. The van der Waals surface area contributed by atoms with Crippen LogP contribution in [0.4, 0.5) is 8.78 Å². The van der Waals surface area contributed by atoms with Gasteiger partial charge in [0, 0.05) is 6.54 Å². The predicted molar refractivity (Wildman–Crippen MR) is 95.9 cm³/mol. The van der Waals surface area contributed by atoms with Crippen molar-refractivity contribution in [3.05, 3.63) is 65.2 Å². The Morgan fingerprint density at radius 3 is 2.44 bits per heavy atom. The molecule has 0 aromatic heterocycles. The molecule has 0 N–H and O–H groups in total. The minimum Gasteiger partial charge on any atom is -0.492 e. The first-order chi connectivity index (χ1) is 12.1. The molecular weight excluding hydrogens is 320 g/mol. The summed E-state index contributed by atoms with van der Waals surface area (Å²) in [6.45, 7) is 5.42. The first-order valence-corrected chi connectivity index (χ1v) is 8.96. The Morgan fingerprint density at radius 1 is 1.04 bits per heavy atom. The second kappa shape index (κ2) is 8.43. The summed E-state index contributed by atoms with van der Waals surface area (Å²) in [6, 6.07) is 11.6. The van der Waals surface area contributed by atoms with Crippen molar-refractivity contribution in [1.29, 1.82) is 0 Å². The molecule has 0 amide bonds. The van der Waals surface area contributed by atoms with E-state index in [0.29, 0.717) is 18.3 Å². The molecule has 0 saturated carbocycles. The van der Waals surface area contributed by atoms with Crippen molar-refractivity contribution in [2.24, 2.45) is 5.92 Å². The molecule has 1 fully saturated rings. The minimum absolute atomic E-state index is 0.0740. The van der Waals surface area contributed by atoms with Crippen LogP contribution < -0.4 is 4.74 Å². The summed E-state index contributed by atoms with van der Waals surface area (Å²) in [7, 11) is 0. The number of ether oxygens (including phenoxy) is 1. The highest BCUT2D eigenvalue weighted by Crippen LogP contribution is 2.23. The third-order valence-corrected chi connectivity index (χ3v) is 4.91. The van der Waals surface area contributed by atoms with Gasteiger partial charge < -0.3 is 4.74 Å². The van der Waals surface area contributed by atoms with Gasteiger partial charge in [0.15, 0.2) is 0 Å². The van der Waals surface area contributed by atoms with Gasteiger partial charge in [-0.05, 0) is 86.7 Å². The first-order valence-electron chi connectivity index (χ1n) is 8.96. The third-order valence-electron chi connectivity index (χ3n) is 4.91. The zero-order valence-corrected chi connectivity index (χ0v) is 14.7. The molecule has 4 heteroatoms. The number of hydrogen-bond acceptors (Lipinski definition) is 2. The Kier molecular flexibility index (Phi) is 6.03. The number of rotatable bonds is 6. The standard InChI is InChI=1S/C21H25F2NO/c1-16-2-3-18(21(23)14-16)15-17-8-10-24(11-9-17)12-13-25-20-6-4-19(22)5-7-20/h2-7,14,17H,8-13,15H2,1H3. The molecule has 0 atom stereocenters. The second-order valence-electron chi connectivity index (χ2n) is 6.89. The highest BCUT2D eigenvalue weighted by molar-refractivity contribution is 5.24. The quantitative estimate of drug-likeness (QED) is 0.758. The molecule has 2 aromatic rings. The van der Waals surface area contributed by atoms with Crippen LogP contribution in [0.2, 0.25) is 0 Å². The summed E-state index contributed by atoms with van der Waals surface area (Å²) < 4.78 is 32.5. The number of aryl methyl sites for hydroxylation is 1. The predicted octanol–water partition coefficient (Wildman–Crippen LogP) is 4.61. The molecule has 1 saturated heterocycles. The number of nitrogens with zero attached hydrogens (tertiary/aromatic N) is 1. The average Bonchev–Trinajstić information content (AvgIpc) is 2.61. The first kappa shape index (κ1) is 17.9. The van der Waals surface area contributed by atoms with Crippen LogP contribution in [-0.2, 0) is 6.42 Å². The summed E-state index contributed by atoms with van der Waals surface area (Å²) >= 11 is 0. The van der Waals surface area contributed by atoms with Crippen LogP contribution >= 0.6 is 0 Å². The molecule has 0 spiro atoms. The number of likely N-dealkylation sites (tertiary alicyclic amines) is 1. The highest BCUT2D eigenvalue weighted by atomic mass is 19.1. The van der Waals surface area contributed by atoms with Crippen molar-refractivity contribution in [3.8, 4) is 5.75 Å². The van der Waals surface area contributed by atoms with E-state index in [1.807, 2.05) is 19.1 Å². The Bertz CT molecular complexity index is 679. The van der Waals surface area contributed by atoms with Crippen LogP contribution in [0.25, 0.3) is 0 Å². The van der Waals surface area contributed by atoms with Crippen LogP contribution in [0, 0.1) is 24.5 Å². The van der Waals surface area contributed by atoms with Crippen molar-refractivity contribution in [2.45, 2.75) is 26.2 Å². The molecule has 0 radical (unpaired) electrons. The fourth-order valence-electron chi connectivity index (χ4n) is 3.37. The van der Waals surface area contributed by atoms with E-state index in [4.69, 9.17) is 4.74 Å². The summed E-state index contributed by atoms with van der Waals surface area (Å²) in [5.74, 6) is 0.923. The maximum atomic E-state index is 14.0. The lowest BCUT2D eigenvalue weighted by molar-refractivity contribution is 0.154. The van der Waals surface area contributed by atoms with Gasteiger partial charge in [-0.15, -0.1) is 0 Å². The van der Waals surface area contributed by atoms with E-state index in [2.05, 4.69) is 4.90 Å². The summed E-state index contributed by atoms with van der Waals surface area (Å²) in [4.78, 5) is 2.38. The van der Waals surface area contributed by atoms with Crippen molar-refractivity contribution >= 4 is 0 Å². The Morgan fingerprint density at radius 2 is 1.76 bits per heavy atom. The highest BCUT2D eigenvalue weighted by Gasteiger charge is 2.20. The van der Waals surface area contributed by atoms with Crippen molar-refractivity contribution in [2.75, 3.05) is 26.2 Å². The number of benzene rings is 2. The molecule has 3 rings (SSSR count). The van der Waals surface area contributed by atoms with Gasteiger partial charge in [0.1, 0.15) is 24.0 Å². The molecule has 0 bridgehead atoms. The third kappa shape index (κ3) is 5.27. The van der Waals surface area contributed by atoms with E-state index < -0.39 is 0 Å². The summed E-state index contributed by atoms with van der Waals surface area (Å²) in [5.41, 5.74) is 1.81. The molecule has 2 nitrogen and oxygen atoms in total. The molecule has 25 heavy (non-hydrogen) atoms. The molecule has 1 heterocycles. The van der Waals surface area contributed by atoms with Gasteiger partial charge in [0.05, 0.1) is 0 Å². The van der Waals surface area contributed by atoms with E-state index in [0.717, 1.165) is 50.0 Å². The number of piperidine rings is 1. The number of hydrogen-bond donors (Lipinski definition) is 0. The van der Waals surface area contributed by atoms with Crippen molar-refractivity contribution in [3.63, 3.8) is 0 Å². The summed E-state index contributed by atoms with van der Waals surface area (Å²) in [5, 5.41) is 0. The zero-order valence-electron chi connectivity index (χ0n) is 14.7. The van der Waals surface area contributed by atoms with Gasteiger partial charge >= 0.3 is 0 Å². The molecular formula is C21H25F2NO. The van der Waals surface area contributed by atoms with E-state index in [9.17, 15) is 8.78 Å². The largest absolute Gasteiger partial charge is 0.492 e. The van der Waals surface area contributed by atoms with Gasteiger partial charge in [0.2, 0.25) is 0 Å². The lowest BCUT2D eigenvalue weighted by Crippen LogP contribution is -2.37. The lowest BCUT2D eigenvalue weighted by atomic mass is 9.89. The maximum absolute atomic E-state index is 14.0. The van der Waals surface area contributed by atoms with E-state index in [1.54, 1.807) is 18.2 Å². The monoisotopic (exact) mass is 345 g/mol. The lowest BCUT2D eigenvalue weighted by Gasteiger charge is -2.32. The second-order valence-corrected chi connectivity index (χ2v) is 6.89. The molecule has 134 valence electrons. The van der Waals surface area contributed by atoms with E-state index in [1.165, 1.54) is 12.1 Å². The topological polar surface area (TPSA) is 12.5 Å². The van der Waals surface area contributed by atoms with Crippen LogP contribution in [-0.4, -0.2) is 31.1 Å². The fraction of sp³-hybridized carbons (Fsp3) is 0.429. The smallest absolute Gasteiger partial charge is 0.126 e. The maximum Gasteiger partial charge on any atom is 0.126 e. The number of halogens is 2. The Labute approximate surface area is 148 Å². The van der Waals surface area contributed by atoms with Gasteiger partial charge in [-0.3, -0.25) is 4.90 Å². The Balaban J connectivity index is 1.39. The average molecular weight is 345 g/mol. The van der Waals surface area contributed by atoms with Gasteiger partial charge in [0.25, 0.3) is 0 Å². The van der Waals surface area contributed by atoms with Crippen LogP contribution in [0.3, 0.4) is 0 Å². The van der Waals surface area contributed by atoms with Gasteiger partial charge in [-0.25, -0.2) is 8.78 Å². The normalized spacial score (nSPS) is 16.1. The molecule has 1 aliphatic heterocycles. The van der Waals surface area contributed by atoms with Gasteiger partial charge in [-0.1, -0.05) is 12.1 Å². The summed E-state index contributed by atoms with van der Waals surface area (Å²) in [6.07, 6.45) is 3.00. The van der Waals surface area contributed by atoms with Crippen molar-refractivity contribution in [1.82, 2.24) is 4.90 Å². The molecule has 0 unspecified atom stereocenters. The minimum atomic E-state index is -0.251. The molecule has 1 aliphatic rings. The van der Waals surface area contributed by atoms with Gasteiger partial charge in [-0.2, -0.15) is 0 Å². The van der Waals surface area contributed by atoms with E-state index in [-0.39, 0.29) is 11.6 Å². The van der Waals surface area contributed by atoms with E-state index >= 15 is 0 Å². The fourth-order valence-corrected chi connectivity index (χ4v) is 3.37. The SMILES string of the molecule is Cc1ccc(CC2CCN(CCOc3ccc(F)cc3)CC2)c(F)c1. The van der Waals surface area contributed by atoms with Crippen molar-refractivity contribution < 1.29 is 13.5 Å². The molecule has 0 aliphatic carbocycles. The zero-order chi connectivity index (χ0) is 17.6. The van der Waals surface area contributed by atoms with Crippen LogP contribution in [0.15, 0.2) is 42.5 Å².